The van der Waals surface area contributed by atoms with E-state index in [4.69, 9.17) is 9.47 Å². The van der Waals surface area contributed by atoms with Crippen LogP contribution in [0.3, 0.4) is 0 Å². The molecule has 0 aliphatic carbocycles. The van der Waals surface area contributed by atoms with Gasteiger partial charge < -0.3 is 9.47 Å². The van der Waals surface area contributed by atoms with E-state index in [1.165, 1.54) is 25.7 Å². The summed E-state index contributed by atoms with van der Waals surface area (Å²) in [7, 11) is 0. The monoisotopic (exact) mass is 478 g/mol. The average Bonchev–Trinajstić information content (AvgIpc) is 2.90. The van der Waals surface area contributed by atoms with Gasteiger partial charge in [-0.2, -0.15) is 0 Å². The lowest BCUT2D eigenvalue weighted by molar-refractivity contribution is 0.184. The van der Waals surface area contributed by atoms with Crippen molar-refractivity contribution in [3.63, 3.8) is 0 Å². The first-order valence-electron chi connectivity index (χ1n) is 13.1. The van der Waals surface area contributed by atoms with Crippen molar-refractivity contribution >= 4 is 0 Å². The predicted octanol–water partition coefficient (Wildman–Crippen LogP) is 8.46. The van der Waals surface area contributed by atoms with Crippen LogP contribution in [0.5, 0.6) is 11.5 Å². The first-order valence-corrected chi connectivity index (χ1v) is 13.1. The lowest BCUT2D eigenvalue weighted by Gasteiger charge is -2.11. The second kappa shape index (κ2) is 15.1. The van der Waals surface area contributed by atoms with Gasteiger partial charge in [-0.05, 0) is 54.8 Å². The largest absolute Gasteiger partial charge is 0.494 e. The molecule has 0 saturated carbocycles. The Bertz CT molecular complexity index is 959. The Hall–Kier alpha value is -2.95. The van der Waals surface area contributed by atoms with E-state index in [-0.39, 0.29) is 6.61 Å². The molecule has 1 unspecified atom stereocenters. The van der Waals surface area contributed by atoms with Gasteiger partial charge in [0.05, 0.1) is 6.61 Å². The summed E-state index contributed by atoms with van der Waals surface area (Å²) in [4.78, 5) is 9.09. The highest BCUT2D eigenvalue weighted by Crippen LogP contribution is 2.24. The lowest BCUT2D eigenvalue weighted by atomic mass is 10.1. The first kappa shape index (κ1) is 26.7. The van der Waals surface area contributed by atoms with E-state index < -0.39 is 6.17 Å². The summed E-state index contributed by atoms with van der Waals surface area (Å²) < 4.78 is 25.4. The Morgan fingerprint density at radius 1 is 0.657 bits per heavy atom. The number of alkyl halides is 1. The molecule has 1 heterocycles. The third-order valence-corrected chi connectivity index (χ3v) is 6.02. The van der Waals surface area contributed by atoms with Crippen LogP contribution in [-0.2, 0) is 0 Å². The van der Waals surface area contributed by atoms with Gasteiger partial charge >= 0.3 is 0 Å². The standard InChI is InChI=1S/C30H39FN2O2/c1-3-5-7-8-10-20-34-28-18-14-25(15-19-28)30-32-21-26(22-33-30)24-12-16-29(17-13-24)35-23-27(31)11-9-6-4-2/h12-19,21-22,27H,3-11,20,23H2,1-2H3. The van der Waals surface area contributed by atoms with Gasteiger partial charge in [0.25, 0.3) is 0 Å². The number of hydrogen-bond donors (Lipinski definition) is 0. The van der Waals surface area contributed by atoms with Gasteiger partial charge in [0.2, 0.25) is 0 Å². The molecule has 4 nitrogen and oxygen atoms in total. The van der Waals surface area contributed by atoms with Crippen molar-refractivity contribution in [1.29, 1.82) is 0 Å². The zero-order valence-corrected chi connectivity index (χ0v) is 21.2. The van der Waals surface area contributed by atoms with Gasteiger partial charge in [0.15, 0.2) is 5.82 Å². The Morgan fingerprint density at radius 2 is 1.23 bits per heavy atom. The quantitative estimate of drug-likeness (QED) is 0.194. The van der Waals surface area contributed by atoms with E-state index in [2.05, 4.69) is 23.8 Å². The molecule has 0 fully saturated rings. The predicted molar refractivity (Wildman–Crippen MR) is 142 cm³/mol. The van der Waals surface area contributed by atoms with Crippen molar-refractivity contribution in [1.82, 2.24) is 9.97 Å². The summed E-state index contributed by atoms with van der Waals surface area (Å²) in [5.74, 6) is 2.23. The van der Waals surface area contributed by atoms with Crippen molar-refractivity contribution in [3.05, 3.63) is 60.9 Å². The molecule has 1 atom stereocenters. The number of nitrogens with zero attached hydrogens (tertiary/aromatic N) is 2. The van der Waals surface area contributed by atoms with Gasteiger partial charge in [-0.25, -0.2) is 14.4 Å². The van der Waals surface area contributed by atoms with Crippen LogP contribution >= 0.6 is 0 Å². The smallest absolute Gasteiger partial charge is 0.159 e. The summed E-state index contributed by atoms with van der Waals surface area (Å²) in [5, 5.41) is 0. The molecule has 0 aliphatic heterocycles. The summed E-state index contributed by atoms with van der Waals surface area (Å²) in [6.45, 7) is 5.20. The van der Waals surface area contributed by atoms with Crippen LogP contribution in [0.1, 0.15) is 71.6 Å². The SMILES string of the molecule is CCCCCCCOc1ccc(-c2ncc(-c3ccc(OCC(F)CCCCC)cc3)cn2)cc1. The highest BCUT2D eigenvalue weighted by Gasteiger charge is 2.08. The normalized spacial score (nSPS) is 11.9. The van der Waals surface area contributed by atoms with Crippen LogP contribution in [0.2, 0.25) is 0 Å². The van der Waals surface area contributed by atoms with E-state index in [1.54, 1.807) is 0 Å². The van der Waals surface area contributed by atoms with E-state index in [0.29, 0.717) is 18.0 Å². The Balaban J connectivity index is 1.47. The van der Waals surface area contributed by atoms with Gasteiger partial charge in [-0.3, -0.25) is 0 Å². The molecule has 0 amide bonds. The second-order valence-electron chi connectivity index (χ2n) is 9.01. The van der Waals surface area contributed by atoms with Gasteiger partial charge in [0.1, 0.15) is 24.3 Å². The zero-order valence-electron chi connectivity index (χ0n) is 21.2. The molecular formula is C30H39FN2O2. The molecule has 3 aromatic rings. The topological polar surface area (TPSA) is 44.2 Å². The summed E-state index contributed by atoms with van der Waals surface area (Å²) in [6, 6.07) is 15.6. The van der Waals surface area contributed by atoms with E-state index >= 15 is 0 Å². The van der Waals surface area contributed by atoms with Crippen molar-refractivity contribution in [2.45, 2.75) is 77.8 Å². The Kier molecular flexibility index (Phi) is 11.5. The van der Waals surface area contributed by atoms with Crippen LogP contribution in [-0.4, -0.2) is 29.4 Å². The fourth-order valence-corrected chi connectivity index (χ4v) is 3.85. The van der Waals surface area contributed by atoms with E-state index in [0.717, 1.165) is 54.7 Å². The van der Waals surface area contributed by atoms with Crippen LogP contribution in [0, 0.1) is 0 Å². The van der Waals surface area contributed by atoms with Crippen LogP contribution in [0.25, 0.3) is 22.5 Å². The fraction of sp³-hybridized carbons (Fsp3) is 0.467. The van der Waals surface area contributed by atoms with E-state index in [1.807, 2.05) is 60.9 Å². The molecule has 35 heavy (non-hydrogen) atoms. The number of halogens is 1. The number of ether oxygens (including phenoxy) is 2. The summed E-state index contributed by atoms with van der Waals surface area (Å²) in [6.07, 6.45) is 12.5. The minimum atomic E-state index is -0.918. The number of hydrogen-bond acceptors (Lipinski definition) is 4. The third-order valence-electron chi connectivity index (χ3n) is 6.02. The van der Waals surface area contributed by atoms with Crippen LogP contribution in [0.15, 0.2) is 60.9 Å². The molecule has 188 valence electrons. The molecule has 0 radical (unpaired) electrons. The van der Waals surface area contributed by atoms with Gasteiger partial charge in [0, 0.05) is 23.5 Å². The minimum absolute atomic E-state index is 0.101. The molecule has 3 rings (SSSR count). The lowest BCUT2D eigenvalue weighted by Crippen LogP contribution is -2.12. The minimum Gasteiger partial charge on any atom is -0.494 e. The molecule has 0 saturated heterocycles. The van der Waals surface area contributed by atoms with Crippen molar-refractivity contribution in [2.75, 3.05) is 13.2 Å². The average molecular weight is 479 g/mol. The highest BCUT2D eigenvalue weighted by atomic mass is 19.1. The second-order valence-corrected chi connectivity index (χ2v) is 9.01. The van der Waals surface area contributed by atoms with Crippen LogP contribution < -0.4 is 9.47 Å². The summed E-state index contributed by atoms with van der Waals surface area (Å²) in [5.41, 5.74) is 2.87. The number of aromatic nitrogens is 2. The number of benzene rings is 2. The Morgan fingerprint density at radius 3 is 1.89 bits per heavy atom. The first-order chi connectivity index (χ1) is 17.2. The maximum absolute atomic E-state index is 13.9. The molecule has 5 heteroatoms. The Labute approximate surface area is 209 Å². The molecule has 0 bridgehead atoms. The molecule has 0 aliphatic rings. The van der Waals surface area contributed by atoms with Crippen molar-refractivity contribution in [3.8, 4) is 34.0 Å². The molecule has 2 aromatic carbocycles. The van der Waals surface area contributed by atoms with Gasteiger partial charge in [-0.15, -0.1) is 0 Å². The van der Waals surface area contributed by atoms with Crippen LogP contribution in [0.4, 0.5) is 4.39 Å². The van der Waals surface area contributed by atoms with Gasteiger partial charge in [-0.1, -0.05) is 70.9 Å². The molecule has 0 N–H and O–H groups in total. The maximum atomic E-state index is 13.9. The number of unbranched alkanes of at least 4 members (excludes halogenated alkanes) is 6. The fourth-order valence-electron chi connectivity index (χ4n) is 3.85. The highest BCUT2D eigenvalue weighted by molar-refractivity contribution is 5.64. The van der Waals surface area contributed by atoms with Crippen molar-refractivity contribution in [2.24, 2.45) is 0 Å². The van der Waals surface area contributed by atoms with E-state index in [9.17, 15) is 4.39 Å². The summed E-state index contributed by atoms with van der Waals surface area (Å²) >= 11 is 0. The third kappa shape index (κ3) is 9.31. The molecule has 1 aromatic heterocycles. The zero-order chi connectivity index (χ0) is 24.7. The van der Waals surface area contributed by atoms with Crippen molar-refractivity contribution < 1.29 is 13.9 Å². The molecular weight excluding hydrogens is 439 g/mol. The molecule has 0 spiro atoms. The maximum Gasteiger partial charge on any atom is 0.159 e. The number of rotatable bonds is 16.